The molecule has 0 aliphatic carbocycles. The maximum Gasteiger partial charge on any atom is 0.416 e. The average Bonchev–Trinajstić information content (AvgIpc) is 3.01. The molecule has 8 heteroatoms. The normalized spacial score (nSPS) is 26.1. The van der Waals surface area contributed by atoms with Gasteiger partial charge in [-0.05, 0) is 42.0 Å². The van der Waals surface area contributed by atoms with E-state index in [1.165, 1.54) is 6.07 Å². The lowest BCUT2D eigenvalue weighted by atomic mass is 9.88. The minimum atomic E-state index is -4.33. The van der Waals surface area contributed by atoms with E-state index >= 15 is 0 Å². The fourth-order valence-electron chi connectivity index (χ4n) is 4.26. The molecule has 1 aromatic rings. The molecule has 2 heterocycles. The Bertz CT molecular complexity index is 683. The molecular formula is C19H24BF3N2O2. The van der Waals surface area contributed by atoms with Gasteiger partial charge in [0.1, 0.15) is 0 Å². The molecule has 0 aromatic heterocycles. The molecule has 1 aromatic carbocycles. The zero-order valence-electron chi connectivity index (χ0n) is 15.1. The van der Waals surface area contributed by atoms with Crippen molar-refractivity contribution >= 4 is 13.8 Å². The Kier molecular flexibility index (Phi) is 6.16. The number of alkyl halides is 3. The molecule has 1 saturated heterocycles. The number of hydrogen-bond acceptors (Lipinski definition) is 3. The quantitative estimate of drug-likeness (QED) is 0.746. The van der Waals surface area contributed by atoms with E-state index < -0.39 is 17.7 Å². The monoisotopic (exact) mass is 380 g/mol. The van der Waals surface area contributed by atoms with Crippen LogP contribution in [0.25, 0.3) is 0 Å². The summed E-state index contributed by atoms with van der Waals surface area (Å²) in [6.45, 7) is 2.34. The fourth-order valence-corrected chi connectivity index (χ4v) is 4.26. The highest BCUT2D eigenvalue weighted by Crippen LogP contribution is 2.32. The Labute approximate surface area is 158 Å². The van der Waals surface area contributed by atoms with E-state index in [0.717, 1.165) is 31.0 Å². The van der Waals surface area contributed by atoms with Crippen LogP contribution in [0.2, 0.25) is 6.32 Å². The van der Waals surface area contributed by atoms with Crippen molar-refractivity contribution in [2.24, 2.45) is 11.8 Å². The van der Waals surface area contributed by atoms with Gasteiger partial charge in [-0.15, -0.1) is 0 Å². The topological polar surface area (TPSA) is 52.6 Å². The van der Waals surface area contributed by atoms with E-state index in [1.54, 1.807) is 6.07 Å². The predicted octanol–water partition coefficient (Wildman–Crippen LogP) is 2.72. The van der Waals surface area contributed by atoms with Gasteiger partial charge in [0.05, 0.1) is 19.3 Å². The summed E-state index contributed by atoms with van der Waals surface area (Å²) in [7, 11) is 5.55. The number of likely N-dealkylation sites (tertiary alicyclic amines) is 1. The van der Waals surface area contributed by atoms with Gasteiger partial charge in [0.15, 0.2) is 0 Å². The molecule has 2 aliphatic heterocycles. The maximum atomic E-state index is 12.8. The minimum Gasteiger partial charge on any atom is -0.481 e. The van der Waals surface area contributed by atoms with Crippen molar-refractivity contribution in [3.63, 3.8) is 0 Å². The molecule has 146 valence electrons. The smallest absolute Gasteiger partial charge is 0.416 e. The van der Waals surface area contributed by atoms with E-state index in [0.29, 0.717) is 37.9 Å². The first-order chi connectivity index (χ1) is 12.8. The highest BCUT2D eigenvalue weighted by atomic mass is 19.4. The number of carboxylic acid groups (broad SMARTS) is 1. The van der Waals surface area contributed by atoms with Gasteiger partial charge in [-0.3, -0.25) is 4.79 Å². The number of aliphatic carboxylic acids is 1. The maximum absolute atomic E-state index is 12.8. The van der Waals surface area contributed by atoms with Gasteiger partial charge in [-0.2, -0.15) is 13.2 Å². The largest absolute Gasteiger partial charge is 0.481 e. The first-order valence-corrected chi connectivity index (χ1v) is 9.35. The molecule has 1 fully saturated rings. The molecule has 3 atom stereocenters. The Balaban J connectivity index is 1.61. The van der Waals surface area contributed by atoms with Crippen LogP contribution in [0.3, 0.4) is 0 Å². The standard InChI is InChI=1S/C19H24BF3N2O2/c20-5-1-2-13-9-25(11-17(13)18(26)27)10-16-7-12-3-4-15(19(21,22)23)6-14(12)8-24-16/h3-4,6,13,16-17,24H,1-2,5,7-11H2,(H,26,27)/t13-,16?,17+/m0/s1. The average molecular weight is 380 g/mol. The zero-order valence-corrected chi connectivity index (χ0v) is 15.1. The Morgan fingerprint density at radius 3 is 2.74 bits per heavy atom. The lowest BCUT2D eigenvalue weighted by Gasteiger charge is -2.30. The number of nitrogens with one attached hydrogen (secondary N) is 1. The third-order valence-corrected chi connectivity index (χ3v) is 5.67. The summed E-state index contributed by atoms with van der Waals surface area (Å²) in [5.74, 6) is -1.03. The number of fused-ring (bicyclic) bond motifs is 1. The molecule has 0 saturated carbocycles. The van der Waals surface area contributed by atoms with Crippen molar-refractivity contribution in [2.45, 2.75) is 44.3 Å². The highest BCUT2D eigenvalue weighted by Gasteiger charge is 2.38. The second-order valence-corrected chi connectivity index (χ2v) is 7.62. The minimum absolute atomic E-state index is 0.108. The van der Waals surface area contributed by atoms with Crippen molar-refractivity contribution < 1.29 is 23.1 Å². The summed E-state index contributed by atoms with van der Waals surface area (Å²) in [6.07, 6.45) is -1.49. The predicted molar refractivity (Wildman–Crippen MR) is 96.6 cm³/mol. The number of halogens is 3. The first-order valence-electron chi connectivity index (χ1n) is 9.35. The van der Waals surface area contributed by atoms with Crippen LogP contribution in [0.5, 0.6) is 0 Å². The van der Waals surface area contributed by atoms with Crippen molar-refractivity contribution in [1.82, 2.24) is 10.2 Å². The number of rotatable bonds is 6. The van der Waals surface area contributed by atoms with E-state index in [-0.39, 0.29) is 17.9 Å². The van der Waals surface area contributed by atoms with Crippen LogP contribution in [0.15, 0.2) is 18.2 Å². The lowest BCUT2D eigenvalue weighted by Crippen LogP contribution is -2.44. The number of carboxylic acids is 1. The second-order valence-electron chi connectivity index (χ2n) is 7.62. The number of hydrogen-bond donors (Lipinski definition) is 2. The number of benzene rings is 1. The van der Waals surface area contributed by atoms with Crippen LogP contribution < -0.4 is 5.32 Å². The van der Waals surface area contributed by atoms with Gasteiger partial charge < -0.3 is 15.3 Å². The van der Waals surface area contributed by atoms with E-state index in [1.807, 2.05) is 0 Å². The summed E-state index contributed by atoms with van der Waals surface area (Å²) in [6, 6.07) is 4.04. The summed E-state index contributed by atoms with van der Waals surface area (Å²) in [5.41, 5.74) is 1.00. The molecule has 2 radical (unpaired) electrons. The molecule has 3 rings (SSSR count). The molecule has 4 nitrogen and oxygen atoms in total. The van der Waals surface area contributed by atoms with Gasteiger partial charge in [0.2, 0.25) is 0 Å². The van der Waals surface area contributed by atoms with Crippen molar-refractivity contribution in [3.05, 3.63) is 34.9 Å². The summed E-state index contributed by atoms with van der Waals surface area (Å²) < 4.78 is 38.5. The van der Waals surface area contributed by atoms with Crippen LogP contribution in [-0.2, 0) is 23.9 Å². The molecule has 2 aliphatic rings. The fraction of sp³-hybridized carbons (Fsp3) is 0.632. The van der Waals surface area contributed by atoms with Crippen LogP contribution in [0.4, 0.5) is 13.2 Å². The van der Waals surface area contributed by atoms with Crippen LogP contribution in [-0.4, -0.2) is 49.5 Å². The van der Waals surface area contributed by atoms with Gasteiger partial charge >= 0.3 is 12.1 Å². The first kappa shape index (κ1) is 20.2. The molecule has 0 amide bonds. The van der Waals surface area contributed by atoms with E-state index in [4.69, 9.17) is 7.85 Å². The lowest BCUT2D eigenvalue weighted by molar-refractivity contribution is -0.142. The molecule has 0 bridgehead atoms. The van der Waals surface area contributed by atoms with E-state index in [9.17, 15) is 23.1 Å². The summed E-state index contributed by atoms with van der Waals surface area (Å²) in [4.78, 5) is 13.7. The van der Waals surface area contributed by atoms with Gasteiger partial charge in [0.25, 0.3) is 0 Å². The molecule has 2 N–H and O–H groups in total. The Morgan fingerprint density at radius 1 is 1.30 bits per heavy atom. The molecule has 1 unspecified atom stereocenters. The van der Waals surface area contributed by atoms with Crippen molar-refractivity contribution in [1.29, 1.82) is 0 Å². The second kappa shape index (κ2) is 8.23. The Hall–Kier alpha value is -1.54. The molecular weight excluding hydrogens is 356 g/mol. The van der Waals surface area contributed by atoms with E-state index in [2.05, 4.69) is 10.2 Å². The number of carbonyl (C=O) groups is 1. The van der Waals surface area contributed by atoms with Crippen molar-refractivity contribution in [3.8, 4) is 0 Å². The number of nitrogens with zero attached hydrogens (tertiary/aromatic N) is 1. The summed E-state index contributed by atoms with van der Waals surface area (Å²) >= 11 is 0. The van der Waals surface area contributed by atoms with Gasteiger partial charge in [-0.25, -0.2) is 0 Å². The molecule has 0 spiro atoms. The van der Waals surface area contributed by atoms with Crippen LogP contribution in [0, 0.1) is 11.8 Å². The Morgan fingerprint density at radius 2 is 2.07 bits per heavy atom. The SMILES string of the molecule is [B]CCC[C@H]1CN(CC2Cc3ccc(C(F)(F)F)cc3CN2)C[C@H]1C(=O)O. The summed E-state index contributed by atoms with van der Waals surface area (Å²) in [5, 5.41) is 12.8. The third-order valence-electron chi connectivity index (χ3n) is 5.67. The molecule has 27 heavy (non-hydrogen) atoms. The van der Waals surface area contributed by atoms with Crippen LogP contribution in [0.1, 0.15) is 29.5 Å². The van der Waals surface area contributed by atoms with Gasteiger partial charge in [-0.1, -0.05) is 18.8 Å². The third kappa shape index (κ3) is 4.85. The van der Waals surface area contributed by atoms with Crippen LogP contribution >= 0.6 is 0 Å². The van der Waals surface area contributed by atoms with Crippen molar-refractivity contribution in [2.75, 3.05) is 19.6 Å². The zero-order chi connectivity index (χ0) is 19.6. The highest BCUT2D eigenvalue weighted by molar-refractivity contribution is 6.08. The van der Waals surface area contributed by atoms with Gasteiger partial charge in [0, 0.05) is 32.2 Å².